The average Bonchev–Trinajstić information content (AvgIpc) is 3.66. The molecule has 0 fully saturated rings. The summed E-state index contributed by atoms with van der Waals surface area (Å²) in [6, 6.07) is 24.2. The number of nitrogens with zero attached hydrogens (tertiary/aromatic N) is 4. The van der Waals surface area contributed by atoms with Gasteiger partial charge < -0.3 is 9.55 Å². The highest BCUT2D eigenvalue weighted by Crippen LogP contribution is 2.39. The van der Waals surface area contributed by atoms with E-state index in [1.807, 2.05) is 22.6 Å². The van der Waals surface area contributed by atoms with Crippen LogP contribution in [0.1, 0.15) is 11.1 Å². The van der Waals surface area contributed by atoms with Crippen molar-refractivity contribution in [2.75, 3.05) is 11.0 Å². The third-order valence-electron chi connectivity index (χ3n) is 7.41. The van der Waals surface area contributed by atoms with E-state index in [9.17, 15) is 34.8 Å². The van der Waals surface area contributed by atoms with Gasteiger partial charge in [0.15, 0.2) is 5.82 Å². The summed E-state index contributed by atoms with van der Waals surface area (Å²) < 4.78 is 105. The summed E-state index contributed by atoms with van der Waals surface area (Å²) in [4.78, 5) is 14.9. The average molecular weight is 940 g/mol. The summed E-state index contributed by atoms with van der Waals surface area (Å²) in [6.45, 7) is 0. The van der Waals surface area contributed by atoms with E-state index in [2.05, 4.69) is 24.7 Å². The summed E-state index contributed by atoms with van der Waals surface area (Å²) in [5.41, 5.74) is 0.699. The van der Waals surface area contributed by atoms with E-state index in [4.69, 9.17) is 34.8 Å². The molecule has 2 aromatic carbocycles. The molecule has 0 atom stereocenters. The van der Waals surface area contributed by atoms with Gasteiger partial charge in [-0.15, -0.1) is 0 Å². The Bertz CT molecular complexity index is 2580. The minimum absolute atomic E-state index is 0.0918. The van der Waals surface area contributed by atoms with E-state index in [0.29, 0.717) is 36.8 Å². The summed E-state index contributed by atoms with van der Waals surface area (Å²) in [7, 11) is -1.62. The predicted octanol–water partition coefficient (Wildman–Crippen LogP) is 11.5. The van der Waals surface area contributed by atoms with Gasteiger partial charge in [-0.2, -0.15) is 26.3 Å². The highest BCUT2D eigenvalue weighted by molar-refractivity contribution is 14.1. The molecule has 282 valence electrons. The van der Waals surface area contributed by atoms with Crippen LogP contribution in [0.3, 0.4) is 0 Å². The Morgan fingerprint density at radius 3 is 1.83 bits per heavy atom. The second-order valence-electron chi connectivity index (χ2n) is 11.3. The van der Waals surface area contributed by atoms with Crippen LogP contribution in [0.15, 0.2) is 97.1 Å². The van der Waals surface area contributed by atoms with Crippen LogP contribution in [0.25, 0.3) is 44.6 Å². The first-order valence-electron chi connectivity index (χ1n) is 15.1. The number of pyridine rings is 3. The van der Waals surface area contributed by atoms with Crippen LogP contribution in [-0.4, -0.2) is 39.2 Å². The SMILES string of the molecule is CS(=O)(=O)Nc1nc(Cl)ccc1I.Cn1c(-c2ccccc2C(F)(F)F)cc2ccc(Cl)nc21.FC(F)(F)c1ccccc1-c1cc2ccc(Cl)nc2[nH]1. The van der Waals surface area contributed by atoms with Crippen LogP contribution in [0.5, 0.6) is 0 Å². The smallest absolute Gasteiger partial charge is 0.339 e. The van der Waals surface area contributed by atoms with Gasteiger partial charge in [0.2, 0.25) is 10.0 Å². The van der Waals surface area contributed by atoms with E-state index in [-0.39, 0.29) is 27.3 Å². The molecule has 8 nitrogen and oxygen atoms in total. The normalized spacial score (nSPS) is 11.9. The lowest BCUT2D eigenvalue weighted by molar-refractivity contribution is -0.137. The number of hydrogen-bond acceptors (Lipinski definition) is 5. The van der Waals surface area contributed by atoms with E-state index < -0.39 is 33.5 Å². The lowest BCUT2D eigenvalue weighted by Gasteiger charge is -2.13. The lowest BCUT2D eigenvalue weighted by Crippen LogP contribution is -2.11. The second kappa shape index (κ2) is 16.3. The van der Waals surface area contributed by atoms with Crippen LogP contribution in [0.2, 0.25) is 15.5 Å². The molecule has 0 saturated heterocycles. The number of rotatable bonds is 4. The molecule has 5 heterocycles. The Kier molecular flexibility index (Phi) is 12.4. The second-order valence-corrected chi connectivity index (χ2v) is 15.4. The van der Waals surface area contributed by atoms with Gasteiger partial charge in [0.1, 0.15) is 26.8 Å². The first-order chi connectivity index (χ1) is 25.2. The number of hydrogen-bond donors (Lipinski definition) is 2. The number of sulfonamides is 1. The van der Waals surface area contributed by atoms with Gasteiger partial charge in [-0.05, 0) is 83.3 Å². The zero-order valence-electron chi connectivity index (χ0n) is 27.5. The summed E-state index contributed by atoms with van der Waals surface area (Å²) in [5.74, 6) is 0.260. The Morgan fingerprint density at radius 2 is 1.22 bits per heavy atom. The molecule has 0 saturated carbocycles. The topological polar surface area (TPSA) is 106 Å². The lowest BCUT2D eigenvalue weighted by atomic mass is 10.0. The van der Waals surface area contributed by atoms with Crippen LogP contribution in [-0.2, 0) is 29.4 Å². The van der Waals surface area contributed by atoms with Crippen LogP contribution in [0.4, 0.5) is 32.2 Å². The molecular weight excluding hydrogens is 916 g/mol. The van der Waals surface area contributed by atoms with Crippen molar-refractivity contribution < 1.29 is 34.8 Å². The molecule has 19 heteroatoms. The zero-order valence-corrected chi connectivity index (χ0v) is 32.8. The molecule has 7 rings (SSSR count). The van der Waals surface area contributed by atoms with Gasteiger partial charge in [-0.3, -0.25) is 4.72 Å². The van der Waals surface area contributed by atoms with E-state index in [0.717, 1.165) is 23.8 Å². The van der Waals surface area contributed by atoms with Crippen molar-refractivity contribution in [1.29, 1.82) is 0 Å². The molecule has 0 bridgehead atoms. The Hall–Kier alpha value is -4.10. The minimum Gasteiger partial charge on any atom is -0.339 e. The molecule has 0 aliphatic carbocycles. The van der Waals surface area contributed by atoms with Gasteiger partial charge in [-0.25, -0.2) is 23.4 Å². The van der Waals surface area contributed by atoms with Gasteiger partial charge in [0, 0.05) is 34.6 Å². The molecule has 0 aliphatic heterocycles. The number of nitrogens with one attached hydrogen (secondary N) is 2. The van der Waals surface area contributed by atoms with Crippen molar-refractivity contribution in [3.63, 3.8) is 0 Å². The molecule has 0 aliphatic rings. The minimum atomic E-state index is -4.40. The Labute approximate surface area is 332 Å². The third-order valence-corrected chi connectivity index (χ3v) is 9.48. The maximum Gasteiger partial charge on any atom is 0.417 e. The van der Waals surface area contributed by atoms with Crippen molar-refractivity contribution in [3.8, 4) is 22.5 Å². The first kappa shape index (κ1) is 41.1. The molecule has 7 aromatic rings. The summed E-state index contributed by atoms with van der Waals surface area (Å²) in [6.07, 6.45) is -7.75. The number of H-pyrrole nitrogens is 1. The van der Waals surface area contributed by atoms with Gasteiger partial charge >= 0.3 is 12.4 Å². The quantitative estimate of drug-likeness (QED) is 0.104. The molecule has 0 unspecified atom stereocenters. The fourth-order valence-corrected chi connectivity index (χ4v) is 6.71. The molecule has 0 radical (unpaired) electrons. The van der Waals surface area contributed by atoms with Crippen LogP contribution < -0.4 is 4.72 Å². The molecule has 0 spiro atoms. The summed E-state index contributed by atoms with van der Waals surface area (Å²) in [5, 5.41) is 2.30. The maximum absolute atomic E-state index is 13.1. The molecule has 2 N–H and O–H groups in total. The molecular formula is C35H24Cl3F6IN6O2S. The number of fused-ring (bicyclic) bond motifs is 2. The number of anilines is 1. The highest BCUT2D eigenvalue weighted by atomic mass is 127. The maximum atomic E-state index is 13.1. The number of aromatic nitrogens is 5. The first-order valence-corrected chi connectivity index (χ1v) is 19.2. The standard InChI is InChI=1S/C15H10ClF3N2.C14H8ClF3N2.C6H6ClIN2O2S/c1-21-12(8-9-6-7-13(16)20-14(9)21)10-4-2-3-5-11(10)15(17,18)19;15-12-6-5-8-7-11(19-13(8)20-12)9-3-1-2-4-10(9)14(16,17)18;1-13(11,12)10-6-4(8)2-3-5(7)9-6/h2-8H,1H3;1-7H,(H,19,20);2-3H,1H3,(H,9,10). The van der Waals surface area contributed by atoms with Gasteiger partial charge in [-0.1, -0.05) is 71.2 Å². The van der Waals surface area contributed by atoms with Crippen LogP contribution >= 0.6 is 57.4 Å². The van der Waals surface area contributed by atoms with E-state index >= 15 is 0 Å². The Morgan fingerprint density at radius 1 is 0.704 bits per heavy atom. The van der Waals surface area contributed by atoms with Crippen molar-refractivity contribution in [2.24, 2.45) is 7.05 Å². The molecule has 5 aromatic heterocycles. The highest BCUT2D eigenvalue weighted by Gasteiger charge is 2.35. The fraction of sp³-hybridized carbons (Fsp3) is 0.114. The summed E-state index contributed by atoms with van der Waals surface area (Å²) >= 11 is 19.2. The van der Waals surface area contributed by atoms with E-state index in [1.165, 1.54) is 24.3 Å². The van der Waals surface area contributed by atoms with Crippen molar-refractivity contribution in [3.05, 3.63) is 127 Å². The Balaban J connectivity index is 0.000000161. The molecule has 54 heavy (non-hydrogen) atoms. The number of alkyl halides is 6. The van der Waals surface area contributed by atoms with Crippen molar-refractivity contribution >= 4 is 95.3 Å². The largest absolute Gasteiger partial charge is 0.417 e. The number of aromatic amines is 1. The molecule has 0 amide bonds. The van der Waals surface area contributed by atoms with Gasteiger partial charge in [0.25, 0.3) is 0 Å². The third kappa shape index (κ3) is 10.1. The number of halogens is 10. The van der Waals surface area contributed by atoms with Crippen molar-refractivity contribution in [2.45, 2.75) is 12.4 Å². The van der Waals surface area contributed by atoms with E-state index in [1.54, 1.807) is 72.3 Å². The van der Waals surface area contributed by atoms with Crippen molar-refractivity contribution in [1.82, 2.24) is 24.5 Å². The number of benzene rings is 2. The number of aryl methyl sites for hydroxylation is 1. The fourth-order valence-electron chi connectivity index (χ4n) is 5.15. The van der Waals surface area contributed by atoms with Crippen LogP contribution in [0, 0.1) is 3.57 Å². The monoisotopic (exact) mass is 938 g/mol. The van der Waals surface area contributed by atoms with Gasteiger partial charge in [0.05, 0.1) is 26.6 Å². The predicted molar refractivity (Wildman–Crippen MR) is 208 cm³/mol. The zero-order chi connectivity index (χ0) is 39.6.